The fourth-order valence-corrected chi connectivity index (χ4v) is 3.16. The van der Waals surface area contributed by atoms with E-state index >= 15 is 0 Å². The van der Waals surface area contributed by atoms with Crippen molar-refractivity contribution in [2.45, 2.75) is 52.0 Å². The number of hydrogen-bond donors (Lipinski definition) is 0. The van der Waals surface area contributed by atoms with Gasteiger partial charge in [-0.15, -0.1) is 0 Å². The van der Waals surface area contributed by atoms with Crippen LogP contribution in [-0.4, -0.2) is 36.6 Å². The van der Waals surface area contributed by atoms with E-state index in [9.17, 15) is 4.79 Å². The number of rotatable bonds is 4. The molecule has 0 unspecified atom stereocenters. The molecule has 1 aliphatic rings. The first kappa shape index (κ1) is 18.5. The van der Waals surface area contributed by atoms with E-state index in [4.69, 9.17) is 4.74 Å². The second-order valence-corrected chi connectivity index (χ2v) is 7.38. The molecule has 0 saturated carbocycles. The van der Waals surface area contributed by atoms with Crippen molar-refractivity contribution in [3.8, 4) is 5.75 Å². The van der Waals surface area contributed by atoms with Crippen LogP contribution in [0.2, 0.25) is 0 Å². The number of nitrogens with zero attached hydrogens (tertiary/aromatic N) is 1. The lowest BCUT2D eigenvalue weighted by molar-refractivity contribution is -0.135. The number of allylic oxidation sites excluding steroid dienone is 1. The van der Waals surface area contributed by atoms with Crippen molar-refractivity contribution in [3.63, 3.8) is 0 Å². The lowest BCUT2D eigenvalue weighted by Crippen LogP contribution is -2.45. The molecule has 1 aliphatic heterocycles. The monoisotopic (exact) mass is 331 g/mol. The molecule has 0 bridgehead atoms. The minimum Gasteiger partial charge on any atom is -0.466 e. The molecule has 0 spiro atoms. The number of esters is 1. The Labute approximate surface area is 145 Å². The maximum absolute atomic E-state index is 11.3. The average Bonchev–Trinajstić information content (AvgIpc) is 2.54. The Morgan fingerprint density at radius 2 is 1.92 bits per heavy atom. The van der Waals surface area contributed by atoms with Gasteiger partial charge in [0.15, 0.2) is 0 Å². The first-order chi connectivity index (χ1) is 11.3. The topological polar surface area (TPSA) is 38.8 Å². The molecule has 24 heavy (non-hydrogen) atoms. The molecule has 132 valence electrons. The maximum atomic E-state index is 11.3. The number of likely N-dealkylation sites (tertiary alicyclic amines) is 1. The first-order valence-electron chi connectivity index (χ1n) is 8.58. The quantitative estimate of drug-likeness (QED) is 0.473. The highest BCUT2D eigenvalue weighted by atomic mass is 16.5. The largest absolute Gasteiger partial charge is 0.466 e. The summed E-state index contributed by atoms with van der Waals surface area (Å²) in [5.41, 5.74) is 1.55. The van der Waals surface area contributed by atoms with Crippen molar-refractivity contribution in [1.29, 1.82) is 0 Å². The number of carbonyl (C=O) groups excluding carboxylic acids is 1. The number of methoxy groups -OCH3 is 1. The lowest BCUT2D eigenvalue weighted by atomic mass is 9.87. The van der Waals surface area contributed by atoms with Gasteiger partial charge in [-0.3, -0.25) is 4.90 Å². The van der Waals surface area contributed by atoms with Crippen LogP contribution in [0, 0.1) is 0 Å². The molecule has 0 aliphatic carbocycles. The summed E-state index contributed by atoms with van der Waals surface area (Å²) in [6, 6.07) is 8.20. The molecule has 0 amide bonds. The second-order valence-electron chi connectivity index (χ2n) is 7.38. The van der Waals surface area contributed by atoms with Gasteiger partial charge in [-0.05, 0) is 77.2 Å². The van der Waals surface area contributed by atoms with E-state index in [0.717, 1.165) is 31.7 Å². The van der Waals surface area contributed by atoms with Crippen LogP contribution >= 0.6 is 0 Å². The first-order valence-corrected chi connectivity index (χ1v) is 8.58. The summed E-state index contributed by atoms with van der Waals surface area (Å²) in [5, 5.41) is 0. The van der Waals surface area contributed by atoms with E-state index in [-0.39, 0.29) is 5.54 Å². The summed E-state index contributed by atoms with van der Waals surface area (Å²) < 4.78 is 10.4. The molecule has 1 aromatic carbocycles. The van der Waals surface area contributed by atoms with Crippen molar-refractivity contribution in [1.82, 2.24) is 4.90 Å². The molecular formula is C20H29NO3. The van der Waals surface area contributed by atoms with Gasteiger partial charge in [0, 0.05) is 5.54 Å². The SMILES string of the molecule is COC(=O)/C=C(\C)Oc1cccc(C2CCN(C(C)(C)C)CC2)c1. The molecule has 2 rings (SSSR count). The van der Waals surface area contributed by atoms with Crippen molar-refractivity contribution in [2.75, 3.05) is 20.2 Å². The van der Waals surface area contributed by atoms with Crippen LogP contribution in [0.15, 0.2) is 36.1 Å². The number of carbonyl (C=O) groups is 1. The van der Waals surface area contributed by atoms with E-state index < -0.39 is 5.97 Å². The smallest absolute Gasteiger partial charge is 0.333 e. The molecule has 4 heteroatoms. The Kier molecular flexibility index (Phi) is 6.05. The van der Waals surface area contributed by atoms with E-state index in [1.165, 1.54) is 18.7 Å². The fraction of sp³-hybridized carbons (Fsp3) is 0.550. The normalized spacial score (nSPS) is 17.6. The summed E-state index contributed by atoms with van der Waals surface area (Å²) in [7, 11) is 1.36. The summed E-state index contributed by atoms with van der Waals surface area (Å²) >= 11 is 0. The minimum absolute atomic E-state index is 0.242. The molecule has 1 fully saturated rings. The van der Waals surface area contributed by atoms with Crippen LogP contribution in [0.4, 0.5) is 0 Å². The van der Waals surface area contributed by atoms with Gasteiger partial charge in [0.2, 0.25) is 0 Å². The van der Waals surface area contributed by atoms with Gasteiger partial charge in [-0.25, -0.2) is 4.79 Å². The predicted octanol–water partition coefficient (Wildman–Crippen LogP) is 4.12. The van der Waals surface area contributed by atoms with Crippen LogP contribution in [0.25, 0.3) is 0 Å². The lowest BCUT2D eigenvalue weighted by Gasteiger charge is -2.41. The summed E-state index contributed by atoms with van der Waals surface area (Å²) in [6.07, 6.45) is 3.68. The van der Waals surface area contributed by atoms with Gasteiger partial charge in [0.1, 0.15) is 11.5 Å². The summed E-state index contributed by atoms with van der Waals surface area (Å²) in [5.74, 6) is 1.46. The van der Waals surface area contributed by atoms with Crippen molar-refractivity contribution in [3.05, 3.63) is 41.7 Å². The van der Waals surface area contributed by atoms with Gasteiger partial charge in [0.25, 0.3) is 0 Å². The average molecular weight is 331 g/mol. The van der Waals surface area contributed by atoms with Gasteiger partial charge in [-0.1, -0.05) is 12.1 Å². The third-order valence-corrected chi connectivity index (χ3v) is 4.57. The zero-order chi connectivity index (χ0) is 17.7. The highest BCUT2D eigenvalue weighted by Crippen LogP contribution is 2.32. The number of piperidine rings is 1. The van der Waals surface area contributed by atoms with Gasteiger partial charge in [-0.2, -0.15) is 0 Å². The Bertz CT molecular complexity index is 593. The van der Waals surface area contributed by atoms with Crippen LogP contribution in [0.3, 0.4) is 0 Å². The summed E-state index contributed by atoms with van der Waals surface area (Å²) in [6.45, 7) is 10.8. The Morgan fingerprint density at radius 3 is 2.50 bits per heavy atom. The standard InChI is InChI=1S/C20H29NO3/c1-15(13-19(22)23-5)24-18-8-6-7-17(14-18)16-9-11-21(12-10-16)20(2,3)4/h6-8,13-14,16H,9-12H2,1-5H3/b15-13+. The molecule has 0 N–H and O–H groups in total. The number of ether oxygens (including phenoxy) is 2. The van der Waals surface area contributed by atoms with Gasteiger partial charge in [0.05, 0.1) is 13.2 Å². The maximum Gasteiger partial charge on any atom is 0.333 e. The van der Waals surface area contributed by atoms with E-state index in [1.54, 1.807) is 6.92 Å². The number of benzene rings is 1. The minimum atomic E-state index is -0.404. The zero-order valence-corrected chi connectivity index (χ0v) is 15.5. The molecule has 0 aromatic heterocycles. The Balaban J connectivity index is 2.01. The molecule has 1 aromatic rings. The molecule has 0 atom stereocenters. The fourth-order valence-electron chi connectivity index (χ4n) is 3.16. The van der Waals surface area contributed by atoms with Gasteiger partial charge < -0.3 is 9.47 Å². The van der Waals surface area contributed by atoms with Crippen LogP contribution in [-0.2, 0) is 9.53 Å². The third-order valence-electron chi connectivity index (χ3n) is 4.57. The second kappa shape index (κ2) is 7.84. The van der Waals surface area contributed by atoms with Gasteiger partial charge >= 0.3 is 5.97 Å². The highest BCUT2D eigenvalue weighted by Gasteiger charge is 2.27. The van der Waals surface area contributed by atoms with Crippen LogP contribution < -0.4 is 4.74 Å². The van der Waals surface area contributed by atoms with E-state index in [0.29, 0.717) is 11.7 Å². The predicted molar refractivity (Wildman–Crippen MR) is 96.1 cm³/mol. The molecular weight excluding hydrogens is 302 g/mol. The molecule has 4 nitrogen and oxygen atoms in total. The van der Waals surface area contributed by atoms with Crippen molar-refractivity contribution in [2.24, 2.45) is 0 Å². The Hall–Kier alpha value is -1.81. The molecule has 0 radical (unpaired) electrons. The third kappa shape index (κ3) is 5.10. The van der Waals surface area contributed by atoms with Crippen LogP contribution in [0.5, 0.6) is 5.75 Å². The van der Waals surface area contributed by atoms with Crippen molar-refractivity contribution >= 4 is 5.97 Å². The molecule has 1 saturated heterocycles. The Morgan fingerprint density at radius 1 is 1.25 bits per heavy atom. The summed E-state index contributed by atoms with van der Waals surface area (Å²) in [4.78, 5) is 13.8. The number of hydrogen-bond acceptors (Lipinski definition) is 4. The van der Waals surface area contributed by atoms with Crippen molar-refractivity contribution < 1.29 is 14.3 Å². The molecule has 1 heterocycles. The zero-order valence-electron chi connectivity index (χ0n) is 15.5. The highest BCUT2D eigenvalue weighted by molar-refractivity contribution is 5.82. The van der Waals surface area contributed by atoms with E-state index in [2.05, 4.69) is 42.5 Å². The van der Waals surface area contributed by atoms with E-state index in [1.807, 2.05) is 12.1 Å². The van der Waals surface area contributed by atoms with Crippen LogP contribution in [0.1, 0.15) is 52.0 Å².